The van der Waals surface area contributed by atoms with Crippen LogP contribution in [0.2, 0.25) is 0 Å². The van der Waals surface area contributed by atoms with Gasteiger partial charge in [0.2, 0.25) is 11.5 Å². The van der Waals surface area contributed by atoms with Crippen LogP contribution in [0.25, 0.3) is 5.52 Å². The molecule has 1 aliphatic rings. The molecule has 1 saturated heterocycles. The Morgan fingerprint density at radius 3 is 2.32 bits per heavy atom. The second-order valence-corrected chi connectivity index (χ2v) is 16.7. The van der Waals surface area contributed by atoms with Crippen molar-refractivity contribution in [2.75, 3.05) is 31.7 Å². The Kier molecular flexibility index (Phi) is 19.7. The summed E-state index contributed by atoms with van der Waals surface area (Å²) < 4.78 is 44.1. The van der Waals surface area contributed by atoms with Crippen LogP contribution < -0.4 is 14.9 Å². The maximum Gasteiger partial charge on any atom is 0.459 e. The van der Waals surface area contributed by atoms with Crippen LogP contribution in [-0.2, 0) is 38.5 Å². The average molecular weight is 843 g/mol. The highest BCUT2D eigenvalue weighted by Gasteiger charge is 2.58. The second kappa shape index (κ2) is 24.3. The highest BCUT2D eigenvalue weighted by atomic mass is 31.2. The Morgan fingerprint density at radius 2 is 1.66 bits per heavy atom. The van der Waals surface area contributed by atoms with Crippen LogP contribution in [0.1, 0.15) is 117 Å². The molecule has 6 atom stereocenters. The molecular weight excluding hydrogens is 779 g/mol. The normalized spacial score (nSPS) is 20.6. The summed E-state index contributed by atoms with van der Waals surface area (Å²) in [7, 11) is -4.39. The smallest absolute Gasteiger partial charge is 0.459 e. The number of rotatable bonds is 28. The number of carbonyl (C=O) groups is 2. The fourth-order valence-electron chi connectivity index (χ4n) is 6.80. The maximum atomic E-state index is 14.1. The van der Waals surface area contributed by atoms with Crippen molar-refractivity contribution in [2.45, 2.75) is 141 Å². The Bertz CT molecular complexity index is 1820. The molecule has 0 spiro atoms. The van der Waals surface area contributed by atoms with Crippen molar-refractivity contribution in [3.8, 4) is 11.8 Å². The van der Waals surface area contributed by atoms with Gasteiger partial charge in [-0.3, -0.25) is 14.1 Å². The number of aliphatic hydroxyl groups is 2. The SMILES string of the molecule is CCCCCCCCCCCCOCCC(=O)Nc1ncnn2c([C@]3(C#N)O[C@H](COP(=O)(N[C@H](C)C(=O)OCC(CC)CC)Oc4ccccc4)[C@@H](O)[C@H]3O)ccc12. The molecule has 0 aliphatic carbocycles. The average Bonchev–Trinajstić information content (AvgIpc) is 3.78. The zero-order chi connectivity index (χ0) is 42.7. The number of aromatic nitrogens is 3. The molecule has 4 N–H and O–H groups in total. The minimum absolute atomic E-state index is 0.0393. The summed E-state index contributed by atoms with van der Waals surface area (Å²) in [6, 6.07) is 12.0. The molecule has 0 radical (unpaired) electrons. The van der Waals surface area contributed by atoms with Gasteiger partial charge in [0.1, 0.15) is 48.0 Å². The van der Waals surface area contributed by atoms with Gasteiger partial charge < -0.3 is 34.3 Å². The zero-order valence-electron chi connectivity index (χ0n) is 34.9. The molecule has 1 unspecified atom stereocenters. The molecule has 4 rings (SSSR count). The molecule has 17 heteroatoms. The van der Waals surface area contributed by atoms with Crippen molar-refractivity contribution in [3.63, 3.8) is 0 Å². The molecule has 1 amide bonds. The fourth-order valence-corrected chi connectivity index (χ4v) is 8.30. The van der Waals surface area contributed by atoms with Crippen LogP contribution in [0.3, 0.4) is 0 Å². The first-order chi connectivity index (χ1) is 28.5. The molecule has 3 heterocycles. The predicted molar refractivity (Wildman–Crippen MR) is 221 cm³/mol. The highest BCUT2D eigenvalue weighted by molar-refractivity contribution is 7.52. The van der Waals surface area contributed by atoms with E-state index in [0.717, 1.165) is 25.7 Å². The van der Waals surface area contributed by atoms with Crippen LogP contribution in [0, 0.1) is 17.2 Å². The van der Waals surface area contributed by atoms with E-state index in [1.165, 1.54) is 75.2 Å². The van der Waals surface area contributed by atoms with Crippen LogP contribution in [-0.4, -0.2) is 87.5 Å². The van der Waals surface area contributed by atoms with E-state index in [-0.39, 0.29) is 48.7 Å². The van der Waals surface area contributed by atoms with Gasteiger partial charge >= 0.3 is 13.7 Å². The van der Waals surface area contributed by atoms with E-state index in [4.69, 9.17) is 23.3 Å². The standard InChI is InChI=1S/C42H63N6O10P/c1-5-8-9-10-11-12-13-14-15-19-25-54-26-24-37(49)46-40-34-22-23-36(48(34)45-30-44-40)42(29-43)39(51)38(50)35(57-42)28-56-59(53,58-33-20-17-16-18-21-33)47-31(4)41(52)55-27-32(6-2)7-3/h16-18,20-23,30-32,35,38-39,50-51H,5-15,19,24-28H2,1-4H3,(H,47,53)(H,44,45,46,49)/t31-,35-,38-,39-,42+,59?/m1/s1. The van der Waals surface area contributed by atoms with E-state index in [9.17, 15) is 29.6 Å². The lowest BCUT2D eigenvalue weighted by molar-refractivity contribution is -0.146. The molecule has 2 aromatic heterocycles. The van der Waals surface area contributed by atoms with Crippen molar-refractivity contribution in [3.05, 3.63) is 54.5 Å². The van der Waals surface area contributed by atoms with E-state index < -0.39 is 50.3 Å². The van der Waals surface area contributed by atoms with E-state index in [1.807, 2.05) is 19.9 Å². The number of esters is 1. The third-order valence-electron chi connectivity index (χ3n) is 10.5. The number of hydrogen-bond donors (Lipinski definition) is 4. The molecule has 0 saturated carbocycles. The number of unbranched alkanes of at least 4 members (excludes halogenated alkanes) is 9. The number of para-hydroxylation sites is 1. The van der Waals surface area contributed by atoms with Crippen molar-refractivity contribution in [2.24, 2.45) is 5.92 Å². The molecule has 326 valence electrons. The van der Waals surface area contributed by atoms with Gasteiger partial charge in [-0.1, -0.05) is 110 Å². The number of aliphatic hydroxyl groups excluding tert-OH is 2. The van der Waals surface area contributed by atoms with Gasteiger partial charge in [-0.15, -0.1) is 0 Å². The summed E-state index contributed by atoms with van der Waals surface area (Å²) in [5.74, 6) is -0.505. The molecule has 16 nitrogen and oxygen atoms in total. The largest absolute Gasteiger partial charge is 0.464 e. The number of hydrogen-bond acceptors (Lipinski definition) is 13. The van der Waals surface area contributed by atoms with Gasteiger partial charge in [0, 0.05) is 6.61 Å². The number of nitrogens with one attached hydrogen (secondary N) is 2. The lowest BCUT2D eigenvalue weighted by Gasteiger charge is -2.25. The first kappa shape index (κ1) is 47.7. The van der Waals surface area contributed by atoms with Crippen LogP contribution >= 0.6 is 7.75 Å². The predicted octanol–water partition coefficient (Wildman–Crippen LogP) is 7.00. The number of nitrogens with zero attached hydrogens (tertiary/aromatic N) is 4. The van der Waals surface area contributed by atoms with Crippen molar-refractivity contribution in [1.29, 1.82) is 5.26 Å². The Hall–Kier alpha value is -3.94. The Balaban J connectivity index is 1.35. The van der Waals surface area contributed by atoms with E-state index >= 15 is 0 Å². The van der Waals surface area contributed by atoms with Crippen LogP contribution in [0.15, 0.2) is 48.8 Å². The van der Waals surface area contributed by atoms with Gasteiger partial charge in [0.05, 0.1) is 31.9 Å². The lowest BCUT2D eigenvalue weighted by Crippen LogP contribution is -2.41. The van der Waals surface area contributed by atoms with Crippen LogP contribution in [0.4, 0.5) is 5.82 Å². The Labute approximate surface area is 347 Å². The fraction of sp³-hybridized carbons (Fsp3) is 0.643. The third kappa shape index (κ3) is 13.8. The maximum absolute atomic E-state index is 14.1. The monoisotopic (exact) mass is 842 g/mol. The number of fused-ring (bicyclic) bond motifs is 1. The highest BCUT2D eigenvalue weighted by Crippen LogP contribution is 2.47. The minimum Gasteiger partial charge on any atom is -0.464 e. The molecule has 1 aromatic carbocycles. The summed E-state index contributed by atoms with van der Waals surface area (Å²) in [6.07, 6.45) is 10.3. The number of ether oxygens (including phenoxy) is 3. The van der Waals surface area contributed by atoms with Gasteiger partial charge in [0.15, 0.2) is 5.82 Å². The molecular formula is C42H63N6O10P. The quantitative estimate of drug-likeness (QED) is 0.0329. The first-order valence-corrected chi connectivity index (χ1v) is 22.6. The molecule has 1 fully saturated rings. The molecule has 1 aliphatic heterocycles. The Morgan fingerprint density at radius 1 is 0.983 bits per heavy atom. The first-order valence-electron chi connectivity index (χ1n) is 21.1. The van der Waals surface area contributed by atoms with E-state index in [2.05, 4.69) is 27.4 Å². The summed E-state index contributed by atoms with van der Waals surface area (Å²) in [5.41, 5.74) is -1.84. The van der Waals surface area contributed by atoms with Gasteiger partial charge in [-0.2, -0.15) is 15.4 Å². The summed E-state index contributed by atoms with van der Waals surface area (Å²) in [4.78, 5) is 29.9. The van der Waals surface area contributed by atoms with Gasteiger partial charge in [0.25, 0.3) is 0 Å². The number of carbonyl (C=O) groups excluding carboxylic acids is 2. The molecule has 3 aromatic rings. The van der Waals surface area contributed by atoms with E-state index in [1.54, 1.807) is 36.4 Å². The van der Waals surface area contributed by atoms with Crippen molar-refractivity contribution < 1.29 is 47.6 Å². The minimum atomic E-state index is -4.39. The zero-order valence-corrected chi connectivity index (χ0v) is 35.8. The van der Waals surface area contributed by atoms with Crippen LogP contribution in [0.5, 0.6) is 5.75 Å². The van der Waals surface area contributed by atoms with Crippen molar-refractivity contribution >= 4 is 31.0 Å². The molecule has 0 bridgehead atoms. The summed E-state index contributed by atoms with van der Waals surface area (Å²) in [6.45, 7) is 8.07. The van der Waals surface area contributed by atoms with Gasteiger partial charge in [-0.25, -0.2) is 14.1 Å². The summed E-state index contributed by atoms with van der Waals surface area (Å²) >= 11 is 0. The van der Waals surface area contributed by atoms with Crippen molar-refractivity contribution in [1.82, 2.24) is 19.7 Å². The molecule has 59 heavy (non-hydrogen) atoms. The number of anilines is 1. The topological polar surface area (TPSA) is 216 Å². The second-order valence-electron chi connectivity index (χ2n) is 15.0. The number of amides is 1. The van der Waals surface area contributed by atoms with Gasteiger partial charge in [-0.05, 0) is 43.5 Å². The lowest BCUT2D eigenvalue weighted by atomic mass is 9.92. The number of benzene rings is 1. The summed E-state index contributed by atoms with van der Waals surface area (Å²) in [5, 5.41) is 42.6. The van der Waals surface area contributed by atoms with E-state index in [0.29, 0.717) is 12.1 Å². The number of nitriles is 1. The third-order valence-corrected chi connectivity index (χ3v) is 12.2.